The SMILES string of the molecule is CCCCCCOc1cc(C)cc(OCCCCCC)c1[N+]#N.CCOc1cc(OCC)c([N+]#N)c(OCC)c1.Cc1cc(C)c(S(=O)(=O)[O-])c(C)c1. The lowest BCUT2D eigenvalue weighted by atomic mass is 10.1. The Balaban J connectivity index is 0.000000414. The smallest absolute Gasteiger partial charge is 0.467 e. The lowest BCUT2D eigenvalue weighted by Gasteiger charge is -2.14. The standard InChI is InChI=1S/C19H31N2O2.C12H17N2O3.C9H12O3S/c1-4-6-8-10-12-22-17-14-16(3)15-18(19(17)21-20)23-13-11-9-7-5-2;1-4-15-9-7-10(16-5-2)12(14-13)11(8-9)17-6-3;1-6-4-7(2)9(8(3)5-6)13(10,11)12/h14-15H,4-13H2,1-3H3;7-8H,4-6H2,1-3H3;4-5H,1-3H3,(H,10,11,12)/q2*+1;/p-1. The van der Waals surface area contributed by atoms with Crippen LogP contribution < -0.4 is 23.7 Å². The van der Waals surface area contributed by atoms with Crippen LogP contribution in [0.3, 0.4) is 0 Å². The number of ether oxygens (including phenoxy) is 5. The molecule has 0 saturated heterocycles. The molecule has 3 rings (SSSR count). The van der Waals surface area contributed by atoms with Gasteiger partial charge < -0.3 is 28.2 Å². The lowest BCUT2D eigenvalue weighted by molar-refractivity contribution is 0.293. The molecule has 0 aliphatic carbocycles. The molecule has 3 aromatic carbocycles. The Labute approximate surface area is 317 Å². The molecule has 53 heavy (non-hydrogen) atoms. The second-order valence-corrected chi connectivity index (χ2v) is 13.7. The first-order chi connectivity index (χ1) is 25.3. The Bertz CT molecular complexity index is 1670. The number of diazo groups is 2. The molecule has 12 nitrogen and oxygen atoms in total. The predicted molar refractivity (Wildman–Crippen MR) is 209 cm³/mol. The van der Waals surface area contributed by atoms with Crippen molar-refractivity contribution in [2.24, 2.45) is 0 Å². The summed E-state index contributed by atoms with van der Waals surface area (Å²) < 4.78 is 60.3. The van der Waals surface area contributed by atoms with E-state index in [4.69, 9.17) is 29.1 Å². The zero-order chi connectivity index (χ0) is 39.8. The largest absolute Gasteiger partial charge is 0.744 e. The first-order valence-corrected chi connectivity index (χ1v) is 19.9. The summed E-state index contributed by atoms with van der Waals surface area (Å²) in [5.41, 5.74) is 3.74. The number of unbranched alkanes of at least 4 members (excludes halogenated alkanes) is 6. The van der Waals surface area contributed by atoms with Gasteiger partial charge in [0, 0.05) is 12.1 Å². The van der Waals surface area contributed by atoms with Crippen LogP contribution in [0, 0.1) is 38.5 Å². The quantitative estimate of drug-likeness (QED) is 0.0654. The highest BCUT2D eigenvalue weighted by atomic mass is 32.2. The van der Waals surface area contributed by atoms with Crippen molar-refractivity contribution in [1.29, 1.82) is 10.8 Å². The van der Waals surface area contributed by atoms with Gasteiger partial charge >= 0.3 is 11.4 Å². The van der Waals surface area contributed by atoms with E-state index >= 15 is 0 Å². The Morgan fingerprint density at radius 1 is 0.547 bits per heavy atom. The Kier molecular flexibility index (Phi) is 22.2. The fraction of sp³-hybridized carbons (Fsp3) is 0.550. The molecule has 0 saturated carbocycles. The minimum Gasteiger partial charge on any atom is -0.744 e. The van der Waals surface area contributed by atoms with Gasteiger partial charge in [0.25, 0.3) is 0 Å². The van der Waals surface area contributed by atoms with Crippen LogP contribution in [-0.2, 0) is 10.1 Å². The molecule has 0 aliphatic heterocycles. The topological polar surface area (TPSA) is 160 Å². The van der Waals surface area contributed by atoms with Crippen molar-refractivity contribution in [2.75, 3.05) is 33.0 Å². The van der Waals surface area contributed by atoms with Crippen LogP contribution in [0.15, 0.2) is 41.3 Å². The molecular weight excluding hydrogens is 697 g/mol. The molecule has 0 fully saturated rings. The Hall–Kier alpha value is -4.59. The number of hydrogen-bond donors (Lipinski definition) is 0. The highest BCUT2D eigenvalue weighted by Crippen LogP contribution is 2.42. The molecule has 3 aromatic rings. The van der Waals surface area contributed by atoms with E-state index in [0.29, 0.717) is 78.6 Å². The van der Waals surface area contributed by atoms with E-state index in [2.05, 4.69) is 23.8 Å². The third-order valence-electron chi connectivity index (χ3n) is 7.67. The number of benzene rings is 3. The van der Waals surface area contributed by atoms with Gasteiger partial charge in [0.1, 0.15) is 15.9 Å². The number of aryl methyl sites for hydroxylation is 4. The summed E-state index contributed by atoms with van der Waals surface area (Å²) in [4.78, 5) is 6.51. The van der Waals surface area contributed by atoms with E-state index in [1.807, 2.05) is 46.8 Å². The van der Waals surface area contributed by atoms with Crippen LogP contribution in [0.5, 0.6) is 28.7 Å². The van der Waals surface area contributed by atoms with Crippen LogP contribution in [0.1, 0.15) is 108 Å². The summed E-state index contributed by atoms with van der Waals surface area (Å²) in [7, 11) is -4.33. The third kappa shape index (κ3) is 16.7. The van der Waals surface area contributed by atoms with Gasteiger partial charge in [-0.3, -0.25) is 0 Å². The summed E-state index contributed by atoms with van der Waals surface area (Å²) in [6.07, 6.45) is 9.21. The molecule has 0 N–H and O–H groups in total. The fourth-order valence-corrected chi connectivity index (χ4v) is 6.36. The Morgan fingerprint density at radius 3 is 1.26 bits per heavy atom. The normalized spacial score (nSPS) is 10.4. The van der Waals surface area contributed by atoms with Crippen LogP contribution in [-0.4, -0.2) is 46.0 Å². The van der Waals surface area contributed by atoms with Gasteiger partial charge in [-0.2, -0.15) is 0 Å². The van der Waals surface area contributed by atoms with Crippen molar-refractivity contribution in [3.8, 4) is 28.7 Å². The molecule has 292 valence electrons. The fourth-order valence-electron chi connectivity index (χ4n) is 5.45. The lowest BCUT2D eigenvalue weighted by Crippen LogP contribution is -2.04. The van der Waals surface area contributed by atoms with Gasteiger partial charge in [0.2, 0.25) is 33.8 Å². The van der Waals surface area contributed by atoms with Crippen molar-refractivity contribution in [3.63, 3.8) is 0 Å². The van der Waals surface area contributed by atoms with Gasteiger partial charge in [-0.15, -0.1) is 0 Å². The average Bonchev–Trinajstić information content (AvgIpc) is 3.08. The molecule has 0 radical (unpaired) electrons. The van der Waals surface area contributed by atoms with Gasteiger partial charge in [-0.1, -0.05) is 70.1 Å². The minimum atomic E-state index is -4.33. The average molecular weight is 756 g/mol. The molecule has 0 bridgehead atoms. The van der Waals surface area contributed by atoms with E-state index in [-0.39, 0.29) is 10.6 Å². The number of hydrogen-bond acceptors (Lipinski definition) is 10. The monoisotopic (exact) mass is 755 g/mol. The highest BCUT2D eigenvalue weighted by Gasteiger charge is 2.26. The Morgan fingerprint density at radius 2 is 0.925 bits per heavy atom. The van der Waals surface area contributed by atoms with Gasteiger partial charge in [-0.05, 0) is 90.1 Å². The summed E-state index contributed by atoms with van der Waals surface area (Å²) >= 11 is 0. The van der Waals surface area contributed by atoms with Crippen molar-refractivity contribution in [3.05, 3.63) is 68.6 Å². The maximum absolute atomic E-state index is 10.8. The van der Waals surface area contributed by atoms with E-state index < -0.39 is 10.1 Å². The van der Waals surface area contributed by atoms with Crippen LogP contribution in [0.25, 0.3) is 9.95 Å². The van der Waals surface area contributed by atoms with Gasteiger partial charge in [0.15, 0.2) is 9.95 Å². The number of nitrogens with zero attached hydrogens (tertiary/aromatic N) is 4. The molecule has 0 amide bonds. The first kappa shape index (κ1) is 46.4. The summed E-state index contributed by atoms with van der Waals surface area (Å²) in [6, 6.07) is 10.6. The van der Waals surface area contributed by atoms with Crippen molar-refractivity contribution >= 4 is 21.5 Å². The van der Waals surface area contributed by atoms with E-state index in [1.54, 1.807) is 38.1 Å². The second-order valence-electron chi connectivity index (χ2n) is 12.4. The van der Waals surface area contributed by atoms with E-state index in [1.165, 1.54) is 25.7 Å². The van der Waals surface area contributed by atoms with Crippen LogP contribution in [0.2, 0.25) is 0 Å². The second kappa shape index (κ2) is 25.4. The molecule has 0 atom stereocenters. The first-order valence-electron chi connectivity index (χ1n) is 18.5. The number of rotatable bonds is 19. The van der Waals surface area contributed by atoms with E-state index in [9.17, 15) is 18.4 Å². The van der Waals surface area contributed by atoms with Crippen molar-refractivity contribution in [2.45, 2.75) is 119 Å². The summed E-state index contributed by atoms with van der Waals surface area (Å²) in [5, 5.41) is 18.3. The molecule has 13 heteroatoms. The zero-order valence-electron chi connectivity index (χ0n) is 33.1. The zero-order valence-corrected chi connectivity index (χ0v) is 33.9. The molecule has 0 heterocycles. The predicted octanol–water partition coefficient (Wildman–Crippen LogP) is 11.3. The molecule has 0 aromatic heterocycles. The summed E-state index contributed by atoms with van der Waals surface area (Å²) in [6.45, 7) is 19.9. The molecule has 0 unspecified atom stereocenters. The van der Waals surface area contributed by atoms with Crippen molar-refractivity contribution in [1.82, 2.24) is 0 Å². The molecule has 0 aliphatic rings. The van der Waals surface area contributed by atoms with Crippen LogP contribution >= 0.6 is 0 Å². The minimum absolute atomic E-state index is 0.0851. The summed E-state index contributed by atoms with van der Waals surface area (Å²) in [5.74, 6) is 2.74. The molecular formula is C40H59N4O8S+. The maximum Gasteiger partial charge on any atom is 0.467 e. The molecule has 0 spiro atoms. The third-order valence-corrected chi connectivity index (χ3v) is 8.82. The van der Waals surface area contributed by atoms with Crippen molar-refractivity contribution < 1.29 is 36.7 Å². The highest BCUT2D eigenvalue weighted by molar-refractivity contribution is 7.85. The van der Waals surface area contributed by atoms with Gasteiger partial charge in [-0.25, -0.2) is 8.42 Å². The van der Waals surface area contributed by atoms with Gasteiger partial charge in [0.05, 0.1) is 37.9 Å². The van der Waals surface area contributed by atoms with Crippen LogP contribution in [0.4, 0.5) is 11.4 Å². The van der Waals surface area contributed by atoms with E-state index in [0.717, 1.165) is 36.8 Å². The maximum atomic E-state index is 10.8.